The average Bonchev–Trinajstić information content (AvgIpc) is 1.99. The summed E-state index contributed by atoms with van der Waals surface area (Å²) in [6.45, 7) is 0. The van der Waals surface area contributed by atoms with Crippen molar-refractivity contribution in [2.45, 2.75) is 37.5 Å². The van der Waals surface area contributed by atoms with E-state index in [-0.39, 0.29) is 0 Å². The van der Waals surface area contributed by atoms with E-state index in [9.17, 15) is 5.11 Å². The Morgan fingerprint density at radius 3 is 2.73 bits per heavy atom. The molecular formula is C6H11N3O2. The molecule has 0 unspecified atom stereocenters. The molecule has 1 aliphatic carbocycles. The van der Waals surface area contributed by atoms with Crippen molar-refractivity contribution in [2.24, 2.45) is 5.11 Å². The summed E-state index contributed by atoms with van der Waals surface area (Å²) in [5, 5.41) is 21.8. The predicted octanol–water partition coefficient (Wildman–Crippen LogP) is 0.571. The number of azide groups is 1. The van der Waals surface area contributed by atoms with Crippen LogP contribution in [0.4, 0.5) is 0 Å². The smallest absolute Gasteiger partial charge is 0.0883 e. The van der Waals surface area contributed by atoms with Crippen LogP contribution in [-0.2, 0) is 0 Å². The van der Waals surface area contributed by atoms with Gasteiger partial charge in [0.25, 0.3) is 0 Å². The Morgan fingerprint density at radius 1 is 1.36 bits per heavy atom. The van der Waals surface area contributed by atoms with Crippen LogP contribution in [0, 0.1) is 0 Å². The molecule has 2 N–H and O–H groups in total. The molecule has 0 aromatic rings. The highest BCUT2D eigenvalue weighted by molar-refractivity contribution is 4.86. The number of aliphatic hydroxyl groups excluding tert-OH is 2. The second kappa shape index (κ2) is 3.57. The van der Waals surface area contributed by atoms with Crippen molar-refractivity contribution in [1.82, 2.24) is 0 Å². The highest BCUT2D eigenvalue weighted by Crippen LogP contribution is 2.21. The van der Waals surface area contributed by atoms with Crippen LogP contribution in [0.15, 0.2) is 5.11 Å². The van der Waals surface area contributed by atoms with Gasteiger partial charge < -0.3 is 10.2 Å². The maximum Gasteiger partial charge on any atom is 0.0883 e. The minimum Gasteiger partial charge on any atom is -0.390 e. The van der Waals surface area contributed by atoms with Crippen LogP contribution in [0.3, 0.4) is 0 Å². The fraction of sp³-hybridized carbons (Fsp3) is 1.00. The molecule has 0 saturated heterocycles. The zero-order valence-corrected chi connectivity index (χ0v) is 6.09. The van der Waals surface area contributed by atoms with Gasteiger partial charge in [-0.25, -0.2) is 0 Å². The lowest BCUT2D eigenvalue weighted by atomic mass is 9.91. The Balaban J connectivity index is 2.57. The number of nitrogens with zero attached hydrogens (tertiary/aromatic N) is 3. The summed E-state index contributed by atoms with van der Waals surface area (Å²) in [5.41, 5.74) is 8.09. The Bertz CT molecular complexity index is 179. The van der Waals surface area contributed by atoms with Crippen molar-refractivity contribution in [2.75, 3.05) is 0 Å². The van der Waals surface area contributed by atoms with Crippen LogP contribution < -0.4 is 0 Å². The van der Waals surface area contributed by atoms with Crippen molar-refractivity contribution >= 4 is 0 Å². The van der Waals surface area contributed by atoms with Gasteiger partial charge in [-0.2, -0.15) is 0 Å². The molecule has 0 aliphatic heterocycles. The van der Waals surface area contributed by atoms with Gasteiger partial charge in [0, 0.05) is 4.91 Å². The lowest BCUT2D eigenvalue weighted by Crippen LogP contribution is -2.39. The zero-order valence-electron chi connectivity index (χ0n) is 6.09. The summed E-state index contributed by atoms with van der Waals surface area (Å²) < 4.78 is 0. The molecule has 5 heteroatoms. The molecule has 0 aromatic carbocycles. The minimum absolute atomic E-state index is 0.441. The largest absolute Gasteiger partial charge is 0.390 e. The summed E-state index contributed by atoms with van der Waals surface area (Å²) in [6, 6.07) is -0.441. The first-order valence-electron chi connectivity index (χ1n) is 3.66. The summed E-state index contributed by atoms with van der Waals surface area (Å²) in [6.07, 6.45) is 0.474. The zero-order chi connectivity index (χ0) is 8.27. The molecule has 11 heavy (non-hydrogen) atoms. The van der Waals surface area contributed by atoms with E-state index in [4.69, 9.17) is 10.6 Å². The van der Waals surface area contributed by atoms with E-state index in [1.54, 1.807) is 0 Å². The molecule has 0 heterocycles. The van der Waals surface area contributed by atoms with E-state index < -0.39 is 18.2 Å². The molecule has 0 amide bonds. The monoisotopic (exact) mass is 157 g/mol. The van der Waals surface area contributed by atoms with Gasteiger partial charge >= 0.3 is 0 Å². The fourth-order valence-electron chi connectivity index (χ4n) is 1.33. The maximum atomic E-state index is 9.25. The summed E-state index contributed by atoms with van der Waals surface area (Å²) in [7, 11) is 0. The van der Waals surface area contributed by atoms with Gasteiger partial charge in [0.2, 0.25) is 0 Å². The van der Waals surface area contributed by atoms with Gasteiger partial charge in [-0.3, -0.25) is 0 Å². The van der Waals surface area contributed by atoms with Crippen LogP contribution in [-0.4, -0.2) is 28.5 Å². The lowest BCUT2D eigenvalue weighted by Gasteiger charge is -2.28. The maximum absolute atomic E-state index is 9.25. The molecule has 0 bridgehead atoms. The van der Waals surface area contributed by atoms with E-state index in [1.165, 1.54) is 0 Å². The molecule has 0 aromatic heterocycles. The highest BCUT2D eigenvalue weighted by atomic mass is 16.3. The number of rotatable bonds is 1. The van der Waals surface area contributed by atoms with Gasteiger partial charge in [0.05, 0.1) is 18.2 Å². The summed E-state index contributed by atoms with van der Waals surface area (Å²) >= 11 is 0. The van der Waals surface area contributed by atoms with E-state index in [2.05, 4.69) is 10.0 Å². The number of aliphatic hydroxyl groups is 2. The van der Waals surface area contributed by atoms with Crippen LogP contribution in [0.5, 0.6) is 0 Å². The predicted molar refractivity (Wildman–Crippen MR) is 38.8 cm³/mol. The molecule has 62 valence electrons. The topological polar surface area (TPSA) is 89.2 Å². The molecule has 1 saturated carbocycles. The standard InChI is InChI=1S/C6H11N3O2/c7-9-8-4-2-1-3-5(10)6(4)11/h4-6,10-11H,1-3H2/t4-,5-,6+/m0/s1. The van der Waals surface area contributed by atoms with E-state index in [0.717, 1.165) is 6.42 Å². The van der Waals surface area contributed by atoms with Gasteiger partial charge in [0.1, 0.15) is 0 Å². The summed E-state index contributed by atoms with van der Waals surface area (Å²) in [4.78, 5) is 2.60. The number of hydrogen-bond donors (Lipinski definition) is 2. The van der Waals surface area contributed by atoms with Gasteiger partial charge in [-0.05, 0) is 18.4 Å². The summed E-state index contributed by atoms with van der Waals surface area (Å²) in [5.74, 6) is 0. The molecular weight excluding hydrogens is 146 g/mol. The van der Waals surface area contributed by atoms with Crippen LogP contribution in [0.2, 0.25) is 0 Å². The molecule has 1 fully saturated rings. The Morgan fingerprint density at radius 2 is 2.09 bits per heavy atom. The van der Waals surface area contributed by atoms with Crippen LogP contribution in [0.25, 0.3) is 10.4 Å². The molecule has 5 nitrogen and oxygen atoms in total. The Kier molecular flexibility index (Phi) is 2.70. The normalized spacial score (nSPS) is 37.8. The Labute approximate surface area is 64.3 Å². The fourth-order valence-corrected chi connectivity index (χ4v) is 1.33. The SMILES string of the molecule is [N-]=[N+]=N[C@H]1CCC[C@H](O)[C@@H]1O. The highest BCUT2D eigenvalue weighted by Gasteiger charge is 2.29. The van der Waals surface area contributed by atoms with Gasteiger partial charge in [0.15, 0.2) is 0 Å². The molecule has 1 rings (SSSR count). The first-order chi connectivity index (χ1) is 5.25. The third-order valence-corrected chi connectivity index (χ3v) is 1.99. The second-order valence-corrected chi connectivity index (χ2v) is 2.76. The first-order valence-corrected chi connectivity index (χ1v) is 3.66. The third-order valence-electron chi connectivity index (χ3n) is 1.99. The quantitative estimate of drug-likeness (QED) is 0.331. The first kappa shape index (κ1) is 8.33. The van der Waals surface area contributed by atoms with Gasteiger partial charge in [-0.15, -0.1) is 0 Å². The van der Waals surface area contributed by atoms with Crippen molar-refractivity contribution in [3.8, 4) is 0 Å². The lowest BCUT2D eigenvalue weighted by molar-refractivity contribution is -0.0204. The second-order valence-electron chi connectivity index (χ2n) is 2.76. The van der Waals surface area contributed by atoms with E-state index in [0.29, 0.717) is 12.8 Å². The van der Waals surface area contributed by atoms with E-state index >= 15 is 0 Å². The minimum atomic E-state index is -0.875. The van der Waals surface area contributed by atoms with Crippen molar-refractivity contribution in [1.29, 1.82) is 0 Å². The number of hydrogen-bond acceptors (Lipinski definition) is 3. The van der Waals surface area contributed by atoms with Crippen LogP contribution in [0.1, 0.15) is 19.3 Å². The molecule has 1 aliphatic rings. The van der Waals surface area contributed by atoms with Crippen molar-refractivity contribution in [3.63, 3.8) is 0 Å². The van der Waals surface area contributed by atoms with Crippen molar-refractivity contribution in [3.05, 3.63) is 10.4 Å². The third kappa shape index (κ3) is 1.83. The van der Waals surface area contributed by atoms with Crippen molar-refractivity contribution < 1.29 is 10.2 Å². The van der Waals surface area contributed by atoms with E-state index in [1.807, 2.05) is 0 Å². The molecule has 0 radical (unpaired) electrons. The van der Waals surface area contributed by atoms with Gasteiger partial charge in [-0.1, -0.05) is 11.5 Å². The Hall–Kier alpha value is -0.770. The average molecular weight is 157 g/mol. The van der Waals surface area contributed by atoms with Crippen LogP contribution >= 0.6 is 0 Å². The molecule has 0 spiro atoms. The molecule has 3 atom stereocenters.